The lowest BCUT2D eigenvalue weighted by molar-refractivity contribution is 0.0872. The first-order valence-electron chi connectivity index (χ1n) is 7.02. The summed E-state index contributed by atoms with van der Waals surface area (Å²) in [4.78, 5) is 2.57. The lowest BCUT2D eigenvalue weighted by Crippen LogP contribution is -2.57. The number of nitrogens with one attached hydrogen (secondary N) is 1. The van der Waals surface area contributed by atoms with Crippen LogP contribution in [0.4, 0.5) is 0 Å². The molecule has 98 valence electrons. The SMILES string of the molecule is CCCCC(NCC)C(C)(C)N(CC)CC. The van der Waals surface area contributed by atoms with Gasteiger partial charge in [-0.15, -0.1) is 0 Å². The highest BCUT2D eigenvalue weighted by molar-refractivity contribution is 4.92. The first-order chi connectivity index (χ1) is 7.54. The molecule has 0 saturated heterocycles. The molecule has 0 aliphatic rings. The highest BCUT2D eigenvalue weighted by atomic mass is 15.2. The van der Waals surface area contributed by atoms with E-state index in [1.165, 1.54) is 19.3 Å². The average molecular weight is 228 g/mol. The zero-order valence-electron chi connectivity index (χ0n) is 12.3. The monoisotopic (exact) mass is 228 g/mol. The Kier molecular flexibility index (Phi) is 8.04. The Labute approximate surface area is 103 Å². The normalized spacial score (nSPS) is 14.4. The number of hydrogen-bond acceptors (Lipinski definition) is 2. The van der Waals surface area contributed by atoms with Crippen molar-refractivity contribution < 1.29 is 0 Å². The van der Waals surface area contributed by atoms with E-state index in [0.29, 0.717) is 6.04 Å². The van der Waals surface area contributed by atoms with Gasteiger partial charge in [-0.3, -0.25) is 4.90 Å². The third-order valence-electron chi connectivity index (χ3n) is 3.73. The molecule has 0 spiro atoms. The number of likely N-dealkylation sites (N-methyl/N-ethyl adjacent to an activating group) is 2. The zero-order valence-corrected chi connectivity index (χ0v) is 12.3. The maximum Gasteiger partial charge on any atom is 0.0306 e. The van der Waals surface area contributed by atoms with Gasteiger partial charge in [0.15, 0.2) is 0 Å². The van der Waals surface area contributed by atoms with Crippen LogP contribution in [0.3, 0.4) is 0 Å². The maximum absolute atomic E-state index is 3.67. The summed E-state index contributed by atoms with van der Waals surface area (Å²) in [7, 11) is 0. The molecule has 0 heterocycles. The van der Waals surface area contributed by atoms with Crippen molar-refractivity contribution in [3.05, 3.63) is 0 Å². The molecule has 0 aromatic heterocycles. The van der Waals surface area contributed by atoms with Crippen LogP contribution in [0, 0.1) is 0 Å². The van der Waals surface area contributed by atoms with Gasteiger partial charge in [-0.05, 0) is 39.9 Å². The van der Waals surface area contributed by atoms with Gasteiger partial charge in [0.25, 0.3) is 0 Å². The molecule has 16 heavy (non-hydrogen) atoms. The molecule has 1 atom stereocenters. The van der Waals surface area contributed by atoms with Gasteiger partial charge in [0.2, 0.25) is 0 Å². The van der Waals surface area contributed by atoms with Crippen LogP contribution in [0.5, 0.6) is 0 Å². The van der Waals surface area contributed by atoms with E-state index in [-0.39, 0.29) is 5.54 Å². The third kappa shape index (κ3) is 4.42. The molecule has 0 bridgehead atoms. The van der Waals surface area contributed by atoms with Crippen molar-refractivity contribution in [1.29, 1.82) is 0 Å². The zero-order chi connectivity index (χ0) is 12.6. The standard InChI is InChI=1S/C14H32N2/c1-7-11-12-13(15-8-2)14(5,6)16(9-3)10-4/h13,15H,7-12H2,1-6H3. The van der Waals surface area contributed by atoms with Crippen LogP contribution in [0.2, 0.25) is 0 Å². The van der Waals surface area contributed by atoms with Gasteiger partial charge in [-0.1, -0.05) is 40.5 Å². The Morgan fingerprint density at radius 2 is 1.62 bits per heavy atom. The molecule has 0 amide bonds. The molecular weight excluding hydrogens is 196 g/mol. The number of rotatable bonds is 9. The molecule has 0 aromatic carbocycles. The van der Waals surface area contributed by atoms with Gasteiger partial charge in [-0.2, -0.15) is 0 Å². The van der Waals surface area contributed by atoms with Gasteiger partial charge in [0.1, 0.15) is 0 Å². The molecule has 1 unspecified atom stereocenters. The van der Waals surface area contributed by atoms with E-state index in [0.717, 1.165) is 19.6 Å². The van der Waals surface area contributed by atoms with Crippen molar-refractivity contribution in [2.45, 2.75) is 72.4 Å². The molecule has 0 aliphatic carbocycles. The molecule has 0 rings (SSSR count). The Morgan fingerprint density at radius 1 is 1.06 bits per heavy atom. The molecule has 0 aromatic rings. The van der Waals surface area contributed by atoms with Crippen LogP contribution in [0.15, 0.2) is 0 Å². The van der Waals surface area contributed by atoms with Crippen LogP contribution >= 0.6 is 0 Å². The molecule has 0 saturated carbocycles. The predicted molar refractivity (Wildman–Crippen MR) is 74.0 cm³/mol. The van der Waals surface area contributed by atoms with E-state index in [4.69, 9.17) is 0 Å². The Bertz CT molecular complexity index is 162. The highest BCUT2D eigenvalue weighted by Gasteiger charge is 2.32. The molecule has 2 heteroatoms. The number of nitrogens with zero attached hydrogens (tertiary/aromatic N) is 1. The Balaban J connectivity index is 4.57. The van der Waals surface area contributed by atoms with E-state index >= 15 is 0 Å². The Morgan fingerprint density at radius 3 is 2.00 bits per heavy atom. The van der Waals surface area contributed by atoms with Crippen LogP contribution in [0.1, 0.15) is 60.8 Å². The van der Waals surface area contributed by atoms with Crippen molar-refractivity contribution >= 4 is 0 Å². The minimum atomic E-state index is 0.259. The smallest absolute Gasteiger partial charge is 0.0306 e. The molecule has 0 fully saturated rings. The van der Waals surface area contributed by atoms with Gasteiger partial charge < -0.3 is 5.32 Å². The van der Waals surface area contributed by atoms with Crippen molar-refractivity contribution in [1.82, 2.24) is 10.2 Å². The topological polar surface area (TPSA) is 15.3 Å². The summed E-state index contributed by atoms with van der Waals surface area (Å²) in [6.45, 7) is 17.1. The van der Waals surface area contributed by atoms with E-state index < -0.39 is 0 Å². The van der Waals surface area contributed by atoms with E-state index in [1.54, 1.807) is 0 Å². The van der Waals surface area contributed by atoms with E-state index in [1.807, 2.05) is 0 Å². The minimum absolute atomic E-state index is 0.259. The van der Waals surface area contributed by atoms with Crippen molar-refractivity contribution in [2.75, 3.05) is 19.6 Å². The van der Waals surface area contributed by atoms with Gasteiger partial charge in [-0.25, -0.2) is 0 Å². The van der Waals surface area contributed by atoms with E-state index in [2.05, 4.69) is 51.8 Å². The fourth-order valence-corrected chi connectivity index (χ4v) is 2.62. The van der Waals surface area contributed by atoms with Gasteiger partial charge in [0, 0.05) is 11.6 Å². The fraction of sp³-hybridized carbons (Fsp3) is 1.00. The molecule has 0 aliphatic heterocycles. The summed E-state index contributed by atoms with van der Waals surface area (Å²) >= 11 is 0. The minimum Gasteiger partial charge on any atom is -0.312 e. The van der Waals surface area contributed by atoms with Crippen LogP contribution in [-0.2, 0) is 0 Å². The van der Waals surface area contributed by atoms with Crippen LogP contribution in [-0.4, -0.2) is 36.1 Å². The lowest BCUT2D eigenvalue weighted by atomic mass is 9.88. The molecular formula is C14H32N2. The molecule has 2 nitrogen and oxygen atoms in total. The second-order valence-electron chi connectivity index (χ2n) is 5.08. The summed E-state index contributed by atoms with van der Waals surface area (Å²) < 4.78 is 0. The highest BCUT2D eigenvalue weighted by Crippen LogP contribution is 2.22. The predicted octanol–water partition coefficient (Wildman–Crippen LogP) is 3.28. The molecule has 0 radical (unpaired) electrons. The number of unbranched alkanes of at least 4 members (excludes halogenated alkanes) is 1. The van der Waals surface area contributed by atoms with Crippen LogP contribution < -0.4 is 5.32 Å². The summed E-state index contributed by atoms with van der Waals surface area (Å²) in [5.74, 6) is 0. The van der Waals surface area contributed by atoms with E-state index in [9.17, 15) is 0 Å². The van der Waals surface area contributed by atoms with Crippen molar-refractivity contribution in [3.8, 4) is 0 Å². The summed E-state index contributed by atoms with van der Waals surface area (Å²) in [5, 5.41) is 3.67. The lowest BCUT2D eigenvalue weighted by Gasteiger charge is -2.44. The largest absolute Gasteiger partial charge is 0.312 e. The van der Waals surface area contributed by atoms with Crippen molar-refractivity contribution in [3.63, 3.8) is 0 Å². The van der Waals surface area contributed by atoms with Crippen molar-refractivity contribution in [2.24, 2.45) is 0 Å². The second-order valence-corrected chi connectivity index (χ2v) is 5.08. The quantitative estimate of drug-likeness (QED) is 0.651. The average Bonchev–Trinajstić information content (AvgIpc) is 2.25. The number of hydrogen-bond donors (Lipinski definition) is 1. The summed E-state index contributed by atoms with van der Waals surface area (Å²) in [5.41, 5.74) is 0.259. The Hall–Kier alpha value is -0.0800. The third-order valence-corrected chi connectivity index (χ3v) is 3.73. The molecule has 1 N–H and O–H groups in total. The van der Waals surface area contributed by atoms with Gasteiger partial charge >= 0.3 is 0 Å². The summed E-state index contributed by atoms with van der Waals surface area (Å²) in [6.07, 6.45) is 3.90. The fourth-order valence-electron chi connectivity index (χ4n) is 2.62. The second kappa shape index (κ2) is 8.08. The maximum atomic E-state index is 3.67. The first kappa shape index (κ1) is 15.9. The first-order valence-corrected chi connectivity index (χ1v) is 7.02. The van der Waals surface area contributed by atoms with Crippen LogP contribution in [0.25, 0.3) is 0 Å². The summed E-state index contributed by atoms with van der Waals surface area (Å²) in [6, 6.07) is 0.609. The van der Waals surface area contributed by atoms with Gasteiger partial charge in [0.05, 0.1) is 0 Å².